The minimum absolute atomic E-state index is 0.198. The van der Waals surface area contributed by atoms with Crippen LogP contribution in [0.2, 0.25) is 0 Å². The normalized spacial score (nSPS) is 12.6. The molecule has 132 valence electrons. The predicted molar refractivity (Wildman–Crippen MR) is 108 cm³/mol. The van der Waals surface area contributed by atoms with E-state index in [4.69, 9.17) is 5.73 Å². The van der Waals surface area contributed by atoms with Gasteiger partial charge in [-0.25, -0.2) is 0 Å². The number of para-hydroxylation sites is 1. The average Bonchev–Trinajstić information content (AvgIpc) is 3.31. The van der Waals surface area contributed by atoms with Crippen molar-refractivity contribution in [3.05, 3.63) is 53.6 Å². The lowest BCUT2D eigenvalue weighted by Gasteiger charge is -2.15. The fourth-order valence-electron chi connectivity index (χ4n) is 4.01. The zero-order chi connectivity index (χ0) is 18.5. The number of nitrogens with zero attached hydrogens (tertiary/aromatic N) is 1. The van der Waals surface area contributed by atoms with Crippen LogP contribution in [0.1, 0.15) is 11.1 Å². The van der Waals surface area contributed by atoms with E-state index in [0.29, 0.717) is 29.0 Å². The number of nitrogens with two attached hydrogens (primary N) is 1. The second-order valence-electron chi connectivity index (χ2n) is 6.62. The Bertz CT molecular complexity index is 1270. The molecule has 0 atom stereocenters. The molecule has 0 amide bonds. The maximum Gasteiger partial charge on any atom is 0.102 e. The largest absolute Gasteiger partial charge is 0.397 e. The van der Waals surface area contributed by atoms with E-state index >= 15 is 0 Å². The number of hydrogen-bond donors (Lipinski definition) is 5. The van der Waals surface area contributed by atoms with Gasteiger partial charge < -0.3 is 26.5 Å². The third kappa shape index (κ3) is 2.09. The number of aliphatic hydroxyl groups excluding tert-OH is 1. The van der Waals surface area contributed by atoms with Crippen LogP contribution in [0.15, 0.2) is 42.5 Å². The van der Waals surface area contributed by atoms with E-state index in [-0.39, 0.29) is 6.61 Å². The van der Waals surface area contributed by atoms with E-state index < -0.39 is 0 Å². The molecule has 4 aromatic rings. The van der Waals surface area contributed by atoms with E-state index in [2.05, 4.69) is 21.7 Å². The van der Waals surface area contributed by atoms with Crippen LogP contribution in [0.25, 0.3) is 32.9 Å². The standard InChI is InChI=1S/C21H17N5O/c22-8-13-18(11-5-6-16-17(7-11)25-10-24-16)14(9-27)21-19(20(13)23)12-3-1-2-4-15(12)26-21/h1-7,24-27H,9-10,23H2. The van der Waals surface area contributed by atoms with Crippen LogP contribution in [-0.4, -0.2) is 16.8 Å². The Balaban J connectivity index is 1.92. The topological polar surface area (TPSA) is 110 Å². The lowest BCUT2D eigenvalue weighted by molar-refractivity contribution is 0.283. The van der Waals surface area contributed by atoms with Gasteiger partial charge in [-0.15, -0.1) is 0 Å². The van der Waals surface area contributed by atoms with Crippen molar-refractivity contribution in [1.82, 2.24) is 4.98 Å². The van der Waals surface area contributed by atoms with Crippen molar-refractivity contribution < 1.29 is 5.11 Å². The highest BCUT2D eigenvalue weighted by Gasteiger charge is 2.23. The van der Waals surface area contributed by atoms with Crippen LogP contribution >= 0.6 is 0 Å². The zero-order valence-electron chi connectivity index (χ0n) is 14.4. The van der Waals surface area contributed by atoms with Gasteiger partial charge in [-0.1, -0.05) is 24.3 Å². The van der Waals surface area contributed by atoms with E-state index in [9.17, 15) is 10.4 Å². The third-order valence-electron chi connectivity index (χ3n) is 5.23. The Labute approximate surface area is 155 Å². The van der Waals surface area contributed by atoms with Crippen LogP contribution in [-0.2, 0) is 6.61 Å². The molecular formula is C21H17N5O. The number of benzene rings is 3. The number of aliphatic hydroxyl groups is 1. The van der Waals surface area contributed by atoms with Gasteiger partial charge in [0.2, 0.25) is 0 Å². The van der Waals surface area contributed by atoms with Gasteiger partial charge in [0, 0.05) is 27.4 Å². The van der Waals surface area contributed by atoms with E-state index in [1.54, 1.807) is 0 Å². The second-order valence-corrected chi connectivity index (χ2v) is 6.62. The predicted octanol–water partition coefficient (Wildman–Crippen LogP) is 3.73. The number of anilines is 3. The maximum absolute atomic E-state index is 10.2. The Kier molecular flexibility index (Phi) is 3.26. The van der Waals surface area contributed by atoms with Gasteiger partial charge in [-0.3, -0.25) is 0 Å². The van der Waals surface area contributed by atoms with Crippen LogP contribution < -0.4 is 16.4 Å². The average molecular weight is 355 g/mol. The van der Waals surface area contributed by atoms with Crippen molar-refractivity contribution >= 4 is 38.9 Å². The summed E-state index contributed by atoms with van der Waals surface area (Å²) in [6.07, 6.45) is 0. The number of nitriles is 1. The summed E-state index contributed by atoms with van der Waals surface area (Å²) in [6, 6.07) is 16.0. The molecule has 0 spiro atoms. The molecule has 0 unspecified atom stereocenters. The number of H-pyrrole nitrogens is 1. The molecule has 6 heteroatoms. The molecule has 0 saturated heterocycles. The summed E-state index contributed by atoms with van der Waals surface area (Å²) < 4.78 is 0. The van der Waals surface area contributed by atoms with Crippen LogP contribution in [0.3, 0.4) is 0 Å². The van der Waals surface area contributed by atoms with Crippen LogP contribution in [0, 0.1) is 11.3 Å². The molecule has 3 aromatic carbocycles. The highest BCUT2D eigenvalue weighted by molar-refractivity contribution is 6.17. The summed E-state index contributed by atoms with van der Waals surface area (Å²) in [5.74, 6) is 0. The molecule has 1 aromatic heterocycles. The minimum Gasteiger partial charge on any atom is -0.397 e. The minimum atomic E-state index is -0.198. The second kappa shape index (κ2) is 5.66. The highest BCUT2D eigenvalue weighted by Crippen LogP contribution is 2.43. The van der Waals surface area contributed by atoms with E-state index in [1.165, 1.54) is 0 Å². The van der Waals surface area contributed by atoms with Gasteiger partial charge in [0.15, 0.2) is 0 Å². The van der Waals surface area contributed by atoms with Crippen molar-refractivity contribution in [2.24, 2.45) is 0 Å². The fourth-order valence-corrected chi connectivity index (χ4v) is 4.01. The summed E-state index contributed by atoms with van der Waals surface area (Å²) in [6.45, 7) is 0.469. The molecule has 2 heterocycles. The first-order valence-electron chi connectivity index (χ1n) is 8.70. The fraction of sp³-hybridized carbons (Fsp3) is 0.0952. The van der Waals surface area contributed by atoms with Crippen molar-refractivity contribution in [3.8, 4) is 17.2 Å². The molecule has 0 aliphatic carbocycles. The van der Waals surface area contributed by atoms with Crippen LogP contribution in [0.4, 0.5) is 17.1 Å². The summed E-state index contributed by atoms with van der Waals surface area (Å²) in [5, 5.41) is 28.3. The van der Waals surface area contributed by atoms with Gasteiger partial charge in [0.25, 0.3) is 0 Å². The molecular weight excluding hydrogens is 338 g/mol. The Morgan fingerprint density at radius 2 is 1.93 bits per heavy atom. The van der Waals surface area contributed by atoms with Crippen molar-refractivity contribution in [3.63, 3.8) is 0 Å². The van der Waals surface area contributed by atoms with E-state index in [1.807, 2.05) is 42.5 Å². The summed E-state index contributed by atoms with van der Waals surface area (Å²) in [4.78, 5) is 3.37. The van der Waals surface area contributed by atoms with Gasteiger partial charge in [0.1, 0.15) is 6.07 Å². The molecule has 5 rings (SSSR count). The zero-order valence-corrected chi connectivity index (χ0v) is 14.4. The van der Waals surface area contributed by atoms with E-state index in [0.717, 1.165) is 38.7 Å². The van der Waals surface area contributed by atoms with Gasteiger partial charge in [-0.05, 0) is 23.8 Å². The number of nitrogens with one attached hydrogen (secondary N) is 3. The number of rotatable bonds is 2. The molecule has 6 nitrogen and oxygen atoms in total. The van der Waals surface area contributed by atoms with Gasteiger partial charge in [0.05, 0.1) is 41.4 Å². The quantitative estimate of drug-likeness (QED) is 0.352. The molecule has 6 N–H and O–H groups in total. The third-order valence-corrected chi connectivity index (χ3v) is 5.23. The first-order chi connectivity index (χ1) is 13.2. The number of nitrogen functional groups attached to an aromatic ring is 1. The number of aromatic amines is 1. The molecule has 0 bridgehead atoms. The van der Waals surface area contributed by atoms with Crippen LogP contribution in [0.5, 0.6) is 0 Å². The van der Waals surface area contributed by atoms with Gasteiger partial charge in [-0.2, -0.15) is 5.26 Å². The Morgan fingerprint density at radius 1 is 1.11 bits per heavy atom. The molecule has 0 fully saturated rings. The lowest BCUT2D eigenvalue weighted by atomic mass is 9.90. The number of fused-ring (bicyclic) bond motifs is 4. The SMILES string of the molecule is N#Cc1c(-c2ccc3c(c2)NCN3)c(CO)c2[nH]c3ccccc3c2c1N. The number of aromatic nitrogens is 1. The lowest BCUT2D eigenvalue weighted by Crippen LogP contribution is -2.01. The molecule has 1 aliphatic heterocycles. The molecule has 27 heavy (non-hydrogen) atoms. The first-order valence-corrected chi connectivity index (χ1v) is 8.70. The summed E-state index contributed by atoms with van der Waals surface area (Å²) in [5.41, 5.74) is 13.2. The molecule has 0 saturated carbocycles. The Hall–Kier alpha value is -3.69. The maximum atomic E-state index is 10.2. The molecule has 0 radical (unpaired) electrons. The summed E-state index contributed by atoms with van der Waals surface area (Å²) in [7, 11) is 0. The Morgan fingerprint density at radius 3 is 2.74 bits per heavy atom. The first kappa shape index (κ1) is 15.6. The molecule has 1 aliphatic rings. The van der Waals surface area contributed by atoms with Gasteiger partial charge >= 0.3 is 0 Å². The van der Waals surface area contributed by atoms with Crippen molar-refractivity contribution in [1.29, 1.82) is 5.26 Å². The smallest absolute Gasteiger partial charge is 0.102 e. The summed E-state index contributed by atoms with van der Waals surface area (Å²) >= 11 is 0. The highest BCUT2D eigenvalue weighted by atomic mass is 16.3. The number of hydrogen-bond acceptors (Lipinski definition) is 5. The van der Waals surface area contributed by atoms with Crippen molar-refractivity contribution in [2.75, 3.05) is 23.0 Å². The monoisotopic (exact) mass is 355 g/mol. The van der Waals surface area contributed by atoms with Crippen molar-refractivity contribution in [2.45, 2.75) is 6.61 Å².